The molecule has 0 aliphatic carbocycles. The van der Waals surface area contributed by atoms with Crippen molar-refractivity contribution in [3.05, 3.63) is 111 Å². The van der Waals surface area contributed by atoms with Crippen LogP contribution in [0.2, 0.25) is 0 Å². The van der Waals surface area contributed by atoms with Crippen LogP contribution in [-0.2, 0) is 35.6 Å². The van der Waals surface area contributed by atoms with Gasteiger partial charge in [0, 0.05) is 12.7 Å². The second kappa shape index (κ2) is 9.21. The standard InChI is InChI=1S/C24H21N3O4/c28-21(31-17-19-10-5-2-6-11-19)16-27-20-12-7-14-25-22(20)23(29)26(24(27)30)15-13-18-8-3-1-4-9-18/h1-12,14H,13,15-17H2. The van der Waals surface area contributed by atoms with Crippen LogP contribution in [0.1, 0.15) is 11.1 Å². The van der Waals surface area contributed by atoms with E-state index in [1.54, 1.807) is 12.1 Å². The molecular weight excluding hydrogens is 394 g/mol. The van der Waals surface area contributed by atoms with Crippen LogP contribution >= 0.6 is 0 Å². The van der Waals surface area contributed by atoms with Gasteiger partial charge in [-0.2, -0.15) is 0 Å². The number of carbonyl (C=O) groups is 1. The third kappa shape index (κ3) is 4.61. The fraction of sp³-hybridized carbons (Fsp3) is 0.167. The molecule has 2 aromatic heterocycles. The number of carbonyl (C=O) groups excluding carboxylic acids is 1. The van der Waals surface area contributed by atoms with Crippen molar-refractivity contribution in [1.82, 2.24) is 14.1 Å². The summed E-state index contributed by atoms with van der Waals surface area (Å²) in [7, 11) is 0. The van der Waals surface area contributed by atoms with Crippen molar-refractivity contribution >= 4 is 17.0 Å². The Bertz CT molecular complexity index is 1310. The Hall–Kier alpha value is -4.00. The minimum atomic E-state index is -0.565. The molecule has 0 N–H and O–H groups in total. The van der Waals surface area contributed by atoms with Crippen LogP contribution in [0.15, 0.2) is 88.6 Å². The van der Waals surface area contributed by atoms with E-state index in [9.17, 15) is 14.4 Å². The van der Waals surface area contributed by atoms with E-state index in [4.69, 9.17) is 4.74 Å². The molecule has 0 radical (unpaired) electrons. The molecule has 0 fully saturated rings. The Balaban J connectivity index is 1.63. The van der Waals surface area contributed by atoms with E-state index in [2.05, 4.69) is 4.98 Å². The number of aryl methyl sites for hydroxylation is 1. The summed E-state index contributed by atoms with van der Waals surface area (Å²) in [5.41, 5.74) is 1.28. The van der Waals surface area contributed by atoms with Crippen molar-refractivity contribution in [3.8, 4) is 0 Å². The zero-order valence-corrected chi connectivity index (χ0v) is 16.8. The Kier molecular flexibility index (Phi) is 6.03. The second-order valence-corrected chi connectivity index (χ2v) is 7.08. The summed E-state index contributed by atoms with van der Waals surface area (Å²) >= 11 is 0. The smallest absolute Gasteiger partial charge is 0.332 e. The molecule has 2 heterocycles. The summed E-state index contributed by atoms with van der Waals surface area (Å²) in [6.45, 7) is -0.00894. The fourth-order valence-electron chi connectivity index (χ4n) is 3.39. The lowest BCUT2D eigenvalue weighted by Crippen LogP contribution is -2.42. The van der Waals surface area contributed by atoms with E-state index in [-0.39, 0.29) is 25.2 Å². The Morgan fingerprint density at radius 3 is 2.23 bits per heavy atom. The van der Waals surface area contributed by atoms with Gasteiger partial charge < -0.3 is 4.74 Å². The molecular formula is C24H21N3O4. The van der Waals surface area contributed by atoms with Crippen LogP contribution in [0.25, 0.3) is 11.0 Å². The van der Waals surface area contributed by atoms with E-state index in [0.717, 1.165) is 15.7 Å². The SMILES string of the molecule is O=C(Cn1c(=O)n(CCc2ccccc2)c(=O)c2ncccc21)OCc1ccccc1. The number of rotatable bonds is 7. The first-order chi connectivity index (χ1) is 15.1. The number of benzene rings is 2. The molecule has 0 saturated carbocycles. The molecule has 0 atom stereocenters. The molecule has 31 heavy (non-hydrogen) atoms. The van der Waals surface area contributed by atoms with Gasteiger partial charge in [-0.3, -0.25) is 18.7 Å². The number of hydrogen-bond donors (Lipinski definition) is 0. The monoisotopic (exact) mass is 415 g/mol. The van der Waals surface area contributed by atoms with Crippen LogP contribution in [-0.4, -0.2) is 20.1 Å². The molecule has 0 unspecified atom stereocenters. The summed E-state index contributed by atoms with van der Waals surface area (Å²) in [4.78, 5) is 42.6. The van der Waals surface area contributed by atoms with Gasteiger partial charge in [0.25, 0.3) is 5.56 Å². The zero-order chi connectivity index (χ0) is 21.6. The van der Waals surface area contributed by atoms with Gasteiger partial charge in [-0.05, 0) is 29.7 Å². The van der Waals surface area contributed by atoms with Gasteiger partial charge in [0.15, 0.2) is 5.52 Å². The first kappa shape index (κ1) is 20.3. The lowest BCUT2D eigenvalue weighted by molar-refractivity contribution is -0.145. The van der Waals surface area contributed by atoms with Gasteiger partial charge in [-0.1, -0.05) is 60.7 Å². The number of esters is 1. The topological polar surface area (TPSA) is 83.2 Å². The number of fused-ring (bicyclic) bond motifs is 1. The number of hydrogen-bond acceptors (Lipinski definition) is 5. The normalized spacial score (nSPS) is 10.8. The Labute approximate surface area is 178 Å². The summed E-state index contributed by atoms with van der Waals surface area (Å²) in [5, 5.41) is 0. The van der Waals surface area contributed by atoms with E-state index < -0.39 is 17.2 Å². The molecule has 4 aromatic rings. The molecule has 0 amide bonds. The summed E-state index contributed by atoms with van der Waals surface area (Å²) in [5.74, 6) is -0.565. The van der Waals surface area contributed by atoms with Gasteiger partial charge in [0.2, 0.25) is 0 Å². The Morgan fingerprint density at radius 1 is 0.839 bits per heavy atom. The number of pyridine rings is 1. The fourth-order valence-corrected chi connectivity index (χ4v) is 3.39. The van der Waals surface area contributed by atoms with E-state index >= 15 is 0 Å². The van der Waals surface area contributed by atoms with E-state index in [1.165, 1.54) is 10.8 Å². The maximum atomic E-state index is 13.1. The average molecular weight is 415 g/mol. The molecule has 0 saturated heterocycles. The minimum absolute atomic E-state index is 0.109. The second-order valence-electron chi connectivity index (χ2n) is 7.08. The van der Waals surface area contributed by atoms with E-state index in [0.29, 0.717) is 11.9 Å². The third-order valence-electron chi connectivity index (χ3n) is 4.98. The molecule has 0 aliphatic rings. The lowest BCUT2D eigenvalue weighted by atomic mass is 10.1. The molecule has 7 nitrogen and oxygen atoms in total. The molecule has 7 heteroatoms. The van der Waals surface area contributed by atoms with Crippen LogP contribution < -0.4 is 11.2 Å². The van der Waals surface area contributed by atoms with Crippen LogP contribution in [0, 0.1) is 0 Å². The first-order valence-electron chi connectivity index (χ1n) is 9.95. The third-order valence-corrected chi connectivity index (χ3v) is 4.98. The van der Waals surface area contributed by atoms with Gasteiger partial charge in [0.05, 0.1) is 5.52 Å². The number of aromatic nitrogens is 3. The van der Waals surface area contributed by atoms with Gasteiger partial charge in [0.1, 0.15) is 13.2 Å². The van der Waals surface area contributed by atoms with Crippen LogP contribution in [0.5, 0.6) is 0 Å². The zero-order valence-electron chi connectivity index (χ0n) is 16.8. The van der Waals surface area contributed by atoms with Crippen molar-refractivity contribution in [3.63, 3.8) is 0 Å². The van der Waals surface area contributed by atoms with Crippen LogP contribution in [0.3, 0.4) is 0 Å². The molecule has 2 aromatic carbocycles. The Morgan fingerprint density at radius 2 is 1.52 bits per heavy atom. The van der Waals surface area contributed by atoms with Gasteiger partial charge in [-0.25, -0.2) is 9.78 Å². The summed E-state index contributed by atoms with van der Waals surface area (Å²) < 4.78 is 7.71. The van der Waals surface area contributed by atoms with Crippen molar-refractivity contribution in [1.29, 1.82) is 0 Å². The van der Waals surface area contributed by atoms with Crippen molar-refractivity contribution in [2.45, 2.75) is 26.1 Å². The predicted octanol–water partition coefficient (Wildman–Crippen LogP) is 2.54. The van der Waals surface area contributed by atoms with Crippen LogP contribution in [0.4, 0.5) is 0 Å². The highest BCUT2D eigenvalue weighted by Gasteiger charge is 2.16. The molecule has 0 spiro atoms. The first-order valence-corrected chi connectivity index (χ1v) is 9.95. The molecule has 0 aliphatic heterocycles. The maximum Gasteiger partial charge on any atom is 0.332 e. The lowest BCUT2D eigenvalue weighted by Gasteiger charge is -2.13. The molecule has 4 rings (SSSR count). The highest BCUT2D eigenvalue weighted by molar-refractivity contribution is 5.76. The summed E-state index contributed by atoms with van der Waals surface area (Å²) in [6.07, 6.45) is 2.00. The summed E-state index contributed by atoms with van der Waals surface area (Å²) in [6, 6.07) is 22.1. The minimum Gasteiger partial charge on any atom is -0.459 e. The molecule has 0 bridgehead atoms. The number of nitrogens with zero attached hydrogens (tertiary/aromatic N) is 3. The number of ether oxygens (including phenoxy) is 1. The highest BCUT2D eigenvalue weighted by atomic mass is 16.5. The van der Waals surface area contributed by atoms with Gasteiger partial charge in [-0.15, -0.1) is 0 Å². The average Bonchev–Trinajstić information content (AvgIpc) is 2.82. The largest absolute Gasteiger partial charge is 0.459 e. The van der Waals surface area contributed by atoms with Crippen molar-refractivity contribution < 1.29 is 9.53 Å². The van der Waals surface area contributed by atoms with Gasteiger partial charge >= 0.3 is 11.7 Å². The quantitative estimate of drug-likeness (QED) is 0.433. The molecule has 156 valence electrons. The van der Waals surface area contributed by atoms with Crippen molar-refractivity contribution in [2.75, 3.05) is 0 Å². The van der Waals surface area contributed by atoms with E-state index in [1.807, 2.05) is 60.7 Å². The predicted molar refractivity (Wildman–Crippen MR) is 117 cm³/mol. The highest BCUT2D eigenvalue weighted by Crippen LogP contribution is 2.07. The maximum absolute atomic E-state index is 13.1. The van der Waals surface area contributed by atoms with Crippen molar-refractivity contribution in [2.24, 2.45) is 0 Å².